The molecule has 0 unspecified atom stereocenters. The lowest BCUT2D eigenvalue weighted by Gasteiger charge is -2.15. The van der Waals surface area contributed by atoms with Crippen LogP contribution in [0.15, 0.2) is 41.9 Å². The molecule has 0 aliphatic rings. The lowest BCUT2D eigenvalue weighted by molar-refractivity contribution is -0.116. The quantitative estimate of drug-likeness (QED) is 0.239. The van der Waals surface area contributed by atoms with Crippen molar-refractivity contribution in [2.75, 3.05) is 50.7 Å². The SMILES string of the molecule is CNC(=O)c1sccc1Nc1nc(Nc2cc(NC(=O)CN(C)C)ccc2OC)nc2[nH]ccc12. The molecule has 2 amide bonds. The average molecular weight is 495 g/mol. The number of likely N-dealkylation sites (N-methyl/N-ethyl adjacent to an activating group) is 1. The summed E-state index contributed by atoms with van der Waals surface area (Å²) in [5.41, 5.74) is 2.43. The Bertz CT molecular complexity index is 1360. The van der Waals surface area contributed by atoms with Crippen LogP contribution in [0.2, 0.25) is 0 Å². The van der Waals surface area contributed by atoms with Crippen LogP contribution in [0.25, 0.3) is 11.0 Å². The van der Waals surface area contributed by atoms with E-state index in [-0.39, 0.29) is 18.4 Å². The van der Waals surface area contributed by atoms with Crippen molar-refractivity contribution in [2.24, 2.45) is 0 Å². The number of anilines is 5. The molecule has 0 bridgehead atoms. The van der Waals surface area contributed by atoms with E-state index in [1.54, 1.807) is 43.5 Å². The normalized spacial score (nSPS) is 10.9. The molecule has 0 atom stereocenters. The number of benzene rings is 1. The zero-order chi connectivity index (χ0) is 24.9. The fourth-order valence-corrected chi connectivity index (χ4v) is 4.20. The summed E-state index contributed by atoms with van der Waals surface area (Å²) in [5, 5.41) is 14.5. The molecule has 5 N–H and O–H groups in total. The molecule has 0 aliphatic carbocycles. The number of H-pyrrole nitrogens is 1. The molecule has 3 heterocycles. The number of aromatic nitrogens is 3. The molecule has 0 aliphatic heterocycles. The van der Waals surface area contributed by atoms with Gasteiger partial charge in [-0.15, -0.1) is 11.3 Å². The number of aromatic amines is 1. The minimum Gasteiger partial charge on any atom is -0.495 e. The van der Waals surface area contributed by atoms with E-state index in [0.717, 1.165) is 5.39 Å². The van der Waals surface area contributed by atoms with Gasteiger partial charge >= 0.3 is 0 Å². The van der Waals surface area contributed by atoms with Crippen LogP contribution in [0, 0.1) is 0 Å². The van der Waals surface area contributed by atoms with E-state index in [1.165, 1.54) is 11.3 Å². The summed E-state index contributed by atoms with van der Waals surface area (Å²) < 4.78 is 5.48. The van der Waals surface area contributed by atoms with E-state index in [1.807, 2.05) is 31.6 Å². The van der Waals surface area contributed by atoms with E-state index in [9.17, 15) is 9.59 Å². The van der Waals surface area contributed by atoms with Gasteiger partial charge in [0.2, 0.25) is 11.9 Å². The highest BCUT2D eigenvalue weighted by Gasteiger charge is 2.16. The van der Waals surface area contributed by atoms with E-state index >= 15 is 0 Å². The summed E-state index contributed by atoms with van der Waals surface area (Å²) in [6.45, 7) is 0.261. The zero-order valence-electron chi connectivity index (χ0n) is 19.7. The lowest BCUT2D eigenvalue weighted by atomic mass is 10.2. The van der Waals surface area contributed by atoms with E-state index in [0.29, 0.717) is 45.1 Å². The van der Waals surface area contributed by atoms with Crippen LogP contribution in [-0.4, -0.2) is 66.5 Å². The van der Waals surface area contributed by atoms with Crippen LogP contribution in [0.1, 0.15) is 9.67 Å². The van der Waals surface area contributed by atoms with Gasteiger partial charge in [-0.2, -0.15) is 9.97 Å². The second-order valence-corrected chi connectivity index (χ2v) is 8.75. The van der Waals surface area contributed by atoms with Crippen LogP contribution < -0.4 is 26.0 Å². The molecule has 4 rings (SSSR count). The van der Waals surface area contributed by atoms with Crippen LogP contribution in [0.4, 0.5) is 28.8 Å². The van der Waals surface area contributed by atoms with E-state index in [2.05, 4.69) is 36.2 Å². The molecule has 4 aromatic rings. The number of rotatable bonds is 9. The molecular formula is C23H26N8O3S. The minimum atomic E-state index is -0.182. The number of methoxy groups -OCH3 is 1. The summed E-state index contributed by atoms with van der Waals surface area (Å²) in [4.78, 5) is 39.0. The fraction of sp³-hybridized carbons (Fsp3) is 0.217. The third-order valence-corrected chi connectivity index (χ3v) is 5.87. The second-order valence-electron chi connectivity index (χ2n) is 7.83. The van der Waals surface area contributed by atoms with Crippen molar-refractivity contribution in [2.45, 2.75) is 0 Å². The summed E-state index contributed by atoms with van der Waals surface area (Å²) >= 11 is 1.34. The summed E-state index contributed by atoms with van der Waals surface area (Å²) in [6.07, 6.45) is 1.77. The van der Waals surface area contributed by atoms with Gasteiger partial charge in [-0.25, -0.2) is 0 Å². The standard InChI is InChI=1S/C23H26N8O3S/c1-24-22(33)19-15(8-10-35-19)27-21-14-7-9-25-20(14)29-23(30-21)28-16-11-13(5-6-17(16)34-4)26-18(32)12-31(2)3/h5-11H,12H2,1-4H3,(H,24,33)(H,26,32)(H3,25,27,28,29,30). The Labute approximate surface area is 205 Å². The van der Waals surface area contributed by atoms with Gasteiger partial charge in [0, 0.05) is 18.9 Å². The van der Waals surface area contributed by atoms with Crippen LogP contribution >= 0.6 is 11.3 Å². The number of nitrogens with zero attached hydrogens (tertiary/aromatic N) is 3. The average Bonchev–Trinajstić information content (AvgIpc) is 3.48. The topological polar surface area (TPSA) is 136 Å². The number of ether oxygens (including phenoxy) is 1. The van der Waals surface area contributed by atoms with Crippen LogP contribution in [-0.2, 0) is 4.79 Å². The van der Waals surface area contributed by atoms with Crippen LogP contribution in [0.5, 0.6) is 5.75 Å². The van der Waals surface area contributed by atoms with Gasteiger partial charge in [-0.3, -0.25) is 9.59 Å². The number of thiophene rings is 1. The van der Waals surface area contributed by atoms with E-state index < -0.39 is 0 Å². The molecule has 35 heavy (non-hydrogen) atoms. The predicted octanol–water partition coefficient (Wildman–Crippen LogP) is 3.37. The Kier molecular flexibility index (Phi) is 7.13. The number of carbonyl (C=O) groups excluding carboxylic acids is 2. The van der Waals surface area contributed by atoms with Crippen molar-refractivity contribution in [3.63, 3.8) is 0 Å². The largest absolute Gasteiger partial charge is 0.495 e. The molecule has 0 fully saturated rings. The van der Waals surface area contributed by atoms with Crippen molar-refractivity contribution in [1.82, 2.24) is 25.2 Å². The Balaban J connectivity index is 1.65. The third-order valence-electron chi connectivity index (χ3n) is 4.96. The molecule has 1 aromatic carbocycles. The summed E-state index contributed by atoms with van der Waals surface area (Å²) in [5.74, 6) is 1.06. The molecule has 182 valence electrons. The highest BCUT2D eigenvalue weighted by atomic mass is 32.1. The van der Waals surface area contributed by atoms with Gasteiger partial charge in [0.25, 0.3) is 5.91 Å². The predicted molar refractivity (Wildman–Crippen MR) is 138 cm³/mol. The van der Waals surface area contributed by atoms with E-state index in [4.69, 9.17) is 4.74 Å². The second kappa shape index (κ2) is 10.4. The highest BCUT2D eigenvalue weighted by Crippen LogP contribution is 2.33. The maximum Gasteiger partial charge on any atom is 0.263 e. The summed E-state index contributed by atoms with van der Waals surface area (Å²) in [7, 11) is 6.80. The first-order valence-electron chi connectivity index (χ1n) is 10.7. The van der Waals surface area contributed by atoms with Gasteiger partial charge in [-0.05, 0) is 49.8 Å². The maximum absolute atomic E-state index is 12.2. The molecular weight excluding hydrogens is 468 g/mol. The molecule has 0 saturated heterocycles. The Morgan fingerprint density at radius 1 is 1.11 bits per heavy atom. The highest BCUT2D eigenvalue weighted by molar-refractivity contribution is 7.12. The zero-order valence-corrected chi connectivity index (χ0v) is 20.5. The molecule has 0 spiro atoms. The first kappa shape index (κ1) is 24.0. The summed E-state index contributed by atoms with van der Waals surface area (Å²) in [6, 6.07) is 8.95. The first-order chi connectivity index (χ1) is 16.9. The number of hydrogen-bond donors (Lipinski definition) is 5. The van der Waals surface area contributed by atoms with Gasteiger partial charge < -0.3 is 35.9 Å². The number of hydrogen-bond acceptors (Lipinski definition) is 9. The number of fused-ring (bicyclic) bond motifs is 1. The Hall–Kier alpha value is -4.16. The van der Waals surface area contributed by atoms with Crippen molar-refractivity contribution >= 4 is 63.0 Å². The molecule has 0 radical (unpaired) electrons. The monoisotopic (exact) mass is 494 g/mol. The van der Waals surface area contributed by atoms with Gasteiger partial charge in [-0.1, -0.05) is 0 Å². The van der Waals surface area contributed by atoms with Crippen LogP contribution in [0.3, 0.4) is 0 Å². The number of carbonyl (C=O) groups is 2. The van der Waals surface area contributed by atoms with Crippen molar-refractivity contribution in [3.8, 4) is 5.75 Å². The molecule has 0 saturated carbocycles. The molecule has 11 nitrogen and oxygen atoms in total. The van der Waals surface area contributed by atoms with Gasteiger partial charge in [0.15, 0.2) is 0 Å². The Morgan fingerprint density at radius 2 is 1.94 bits per heavy atom. The fourth-order valence-electron chi connectivity index (χ4n) is 3.41. The van der Waals surface area contributed by atoms with Crippen molar-refractivity contribution < 1.29 is 14.3 Å². The Morgan fingerprint density at radius 3 is 2.69 bits per heavy atom. The first-order valence-corrected chi connectivity index (χ1v) is 11.6. The van der Waals surface area contributed by atoms with Gasteiger partial charge in [0.1, 0.15) is 22.1 Å². The molecule has 3 aromatic heterocycles. The lowest BCUT2D eigenvalue weighted by Crippen LogP contribution is -2.27. The maximum atomic E-state index is 12.2. The number of nitrogens with one attached hydrogen (secondary N) is 5. The third kappa shape index (κ3) is 5.50. The van der Waals surface area contributed by atoms with Crippen molar-refractivity contribution in [3.05, 3.63) is 46.8 Å². The smallest absolute Gasteiger partial charge is 0.263 e. The van der Waals surface area contributed by atoms with Gasteiger partial charge in [0.05, 0.1) is 30.4 Å². The molecule has 12 heteroatoms. The minimum absolute atomic E-state index is 0.135. The van der Waals surface area contributed by atoms with Crippen molar-refractivity contribution in [1.29, 1.82) is 0 Å². The number of amides is 2.